The van der Waals surface area contributed by atoms with E-state index in [-0.39, 0.29) is 68.6 Å². The lowest BCUT2D eigenvalue weighted by Gasteiger charge is -2.40. The first-order valence-corrected chi connectivity index (χ1v) is 17.7. The van der Waals surface area contributed by atoms with Crippen LogP contribution in [0.5, 0.6) is 0 Å². The normalized spacial score (nSPS) is 20.5. The molecule has 0 radical (unpaired) electrons. The number of nitrogens with zero attached hydrogens (tertiary/aromatic N) is 2. The summed E-state index contributed by atoms with van der Waals surface area (Å²) in [6.45, 7) is 5.30. The molecule has 1 unspecified atom stereocenters. The van der Waals surface area contributed by atoms with Crippen LogP contribution in [0.15, 0.2) is 60.7 Å². The van der Waals surface area contributed by atoms with Crippen LogP contribution in [0.2, 0.25) is 0 Å². The van der Waals surface area contributed by atoms with Crippen molar-refractivity contribution in [2.75, 3.05) is 32.7 Å². The first kappa shape index (κ1) is 38.5. The number of hydrogen-bond acceptors (Lipinski definition) is 8. The molecule has 50 heavy (non-hydrogen) atoms. The molecule has 272 valence electrons. The molecule has 2 fully saturated rings. The second-order valence-corrected chi connectivity index (χ2v) is 13.7. The molecule has 4 rings (SSSR count). The number of benzene rings is 2. The quantitative estimate of drug-likeness (QED) is 0.132. The molecule has 13 heteroatoms. The predicted molar refractivity (Wildman–Crippen MR) is 190 cm³/mol. The van der Waals surface area contributed by atoms with Crippen LogP contribution in [0.3, 0.4) is 0 Å². The largest absolute Gasteiger partial charge is 0.480 e. The number of piperidine rings is 1. The van der Waals surface area contributed by atoms with E-state index in [1.165, 1.54) is 0 Å². The second kappa shape index (κ2) is 18.1. The number of nitrogens with one attached hydrogen (secondary N) is 3. The zero-order chi connectivity index (χ0) is 36.3. The lowest BCUT2D eigenvalue weighted by Crippen LogP contribution is -2.60. The number of carboxylic acids is 1. The molecule has 2 heterocycles. The number of amides is 4. The first-order valence-electron chi connectivity index (χ1n) is 17.7. The van der Waals surface area contributed by atoms with Gasteiger partial charge in [0.2, 0.25) is 23.6 Å². The van der Waals surface area contributed by atoms with Crippen LogP contribution in [-0.4, -0.2) is 107 Å². The van der Waals surface area contributed by atoms with E-state index < -0.39 is 35.5 Å². The predicted octanol–water partition coefficient (Wildman–Crippen LogP) is 1.11. The lowest BCUT2D eigenvalue weighted by atomic mass is 9.88. The summed E-state index contributed by atoms with van der Waals surface area (Å²) >= 11 is 0. The van der Waals surface area contributed by atoms with Crippen molar-refractivity contribution in [1.29, 1.82) is 0 Å². The van der Waals surface area contributed by atoms with E-state index in [1.807, 2.05) is 67.6 Å². The minimum Gasteiger partial charge on any atom is -0.480 e. The minimum absolute atomic E-state index is 0.0176. The standard InChI is InChI=1S/C37H53N7O6/c1-25(28-13-7-4-8-14-28)23-40-24-32(45)41-29(22-27-11-5-3-6-12-27)33(46)42-30-21-26(2)44(34(30)47)31(15-9-10-18-38)35(48)43-19-16-37(39,17-20-43)36(49)50/h3-8,11-14,25-26,29-31,40H,9-10,15-24,38-39H2,1-2H3,(H,41,45)(H,42,46)(H,49,50)/t25-,26?,29-,30-,31-/m1/s1. The van der Waals surface area contributed by atoms with Gasteiger partial charge in [0.05, 0.1) is 6.54 Å². The van der Waals surface area contributed by atoms with Gasteiger partial charge in [-0.05, 0) is 69.0 Å². The van der Waals surface area contributed by atoms with Gasteiger partial charge in [-0.25, -0.2) is 0 Å². The van der Waals surface area contributed by atoms with Gasteiger partial charge in [0.1, 0.15) is 23.7 Å². The zero-order valence-electron chi connectivity index (χ0n) is 29.2. The van der Waals surface area contributed by atoms with Gasteiger partial charge < -0.3 is 42.3 Å². The van der Waals surface area contributed by atoms with Crippen molar-refractivity contribution in [3.63, 3.8) is 0 Å². The number of nitrogens with two attached hydrogens (primary N) is 2. The van der Waals surface area contributed by atoms with Crippen molar-refractivity contribution in [2.24, 2.45) is 11.5 Å². The number of unbranched alkanes of at least 4 members (excludes halogenated alkanes) is 1. The SMILES string of the molecule is CC1C[C@@H](NC(=O)[C@@H](Cc2ccccc2)NC(=O)CNC[C@@H](C)c2ccccc2)C(=O)N1[C@H](CCCCN)C(=O)N1CCC(N)(C(=O)O)CC1. The Morgan fingerprint density at radius 3 is 2.26 bits per heavy atom. The van der Waals surface area contributed by atoms with E-state index in [4.69, 9.17) is 11.5 Å². The summed E-state index contributed by atoms with van der Waals surface area (Å²) < 4.78 is 0. The van der Waals surface area contributed by atoms with Crippen molar-refractivity contribution in [3.05, 3.63) is 71.8 Å². The van der Waals surface area contributed by atoms with Crippen LogP contribution >= 0.6 is 0 Å². The molecule has 0 aliphatic carbocycles. The molecule has 4 amide bonds. The highest BCUT2D eigenvalue weighted by Gasteiger charge is 2.46. The van der Waals surface area contributed by atoms with Crippen LogP contribution in [0.4, 0.5) is 0 Å². The summed E-state index contributed by atoms with van der Waals surface area (Å²) in [4.78, 5) is 69.5. The third-order valence-electron chi connectivity index (χ3n) is 9.91. The smallest absolute Gasteiger partial charge is 0.323 e. The van der Waals surface area contributed by atoms with Crippen molar-refractivity contribution in [2.45, 2.75) is 94.4 Å². The summed E-state index contributed by atoms with van der Waals surface area (Å²) in [5.41, 5.74) is 12.4. The number of rotatable bonds is 17. The Morgan fingerprint density at radius 1 is 1.00 bits per heavy atom. The molecule has 0 spiro atoms. The molecule has 2 aromatic rings. The molecule has 2 aliphatic heterocycles. The maximum absolute atomic E-state index is 14.0. The Morgan fingerprint density at radius 2 is 1.64 bits per heavy atom. The minimum atomic E-state index is -1.39. The number of carboxylic acid groups (broad SMARTS) is 1. The van der Waals surface area contributed by atoms with E-state index in [9.17, 15) is 29.1 Å². The molecule has 13 nitrogen and oxygen atoms in total. The maximum Gasteiger partial charge on any atom is 0.323 e. The van der Waals surface area contributed by atoms with E-state index >= 15 is 0 Å². The van der Waals surface area contributed by atoms with Crippen LogP contribution in [0.25, 0.3) is 0 Å². The molecule has 0 aromatic heterocycles. The molecular formula is C37H53N7O6. The summed E-state index contributed by atoms with van der Waals surface area (Å²) in [6, 6.07) is 16.4. The van der Waals surface area contributed by atoms with Gasteiger partial charge in [-0.1, -0.05) is 67.6 Å². The lowest BCUT2D eigenvalue weighted by molar-refractivity contribution is -0.151. The van der Waals surface area contributed by atoms with Crippen LogP contribution < -0.4 is 27.4 Å². The zero-order valence-corrected chi connectivity index (χ0v) is 29.2. The van der Waals surface area contributed by atoms with Gasteiger partial charge in [-0.15, -0.1) is 0 Å². The molecule has 2 aliphatic rings. The maximum atomic E-state index is 14.0. The number of hydrogen-bond donors (Lipinski definition) is 6. The topological polar surface area (TPSA) is 200 Å². The number of aliphatic carboxylic acids is 1. The van der Waals surface area contributed by atoms with E-state index in [2.05, 4.69) is 22.9 Å². The van der Waals surface area contributed by atoms with Gasteiger partial charge in [0.15, 0.2) is 0 Å². The van der Waals surface area contributed by atoms with Gasteiger partial charge in [0, 0.05) is 32.1 Å². The van der Waals surface area contributed by atoms with Crippen molar-refractivity contribution in [3.8, 4) is 0 Å². The van der Waals surface area contributed by atoms with Gasteiger partial charge in [0.25, 0.3) is 0 Å². The Bertz CT molecular complexity index is 1450. The average Bonchev–Trinajstić information content (AvgIpc) is 3.38. The third kappa shape index (κ3) is 10.1. The highest BCUT2D eigenvalue weighted by atomic mass is 16.4. The first-order chi connectivity index (χ1) is 23.9. The van der Waals surface area contributed by atoms with Crippen LogP contribution in [0, 0.1) is 0 Å². The fourth-order valence-electron chi connectivity index (χ4n) is 6.83. The van der Waals surface area contributed by atoms with Crippen LogP contribution in [-0.2, 0) is 30.4 Å². The number of carbonyl (C=O) groups excluding carboxylic acids is 4. The van der Waals surface area contributed by atoms with E-state index in [0.29, 0.717) is 38.8 Å². The Kier molecular flexibility index (Phi) is 13.9. The summed E-state index contributed by atoms with van der Waals surface area (Å²) in [5.74, 6) is -2.36. The monoisotopic (exact) mass is 691 g/mol. The molecule has 0 saturated carbocycles. The van der Waals surface area contributed by atoms with Gasteiger partial charge in [-0.3, -0.25) is 24.0 Å². The summed E-state index contributed by atoms with van der Waals surface area (Å²) in [7, 11) is 0. The molecule has 5 atom stereocenters. The van der Waals surface area contributed by atoms with Gasteiger partial charge >= 0.3 is 5.97 Å². The molecule has 2 saturated heterocycles. The number of carbonyl (C=O) groups is 5. The molecular weight excluding hydrogens is 638 g/mol. The van der Waals surface area contributed by atoms with E-state index in [0.717, 1.165) is 11.1 Å². The number of likely N-dealkylation sites (tertiary alicyclic amines) is 2. The summed E-state index contributed by atoms with van der Waals surface area (Å²) in [5, 5.41) is 18.5. The van der Waals surface area contributed by atoms with Gasteiger partial charge in [-0.2, -0.15) is 0 Å². The van der Waals surface area contributed by atoms with Crippen molar-refractivity contribution < 1.29 is 29.1 Å². The molecule has 0 bridgehead atoms. The average molecular weight is 692 g/mol. The third-order valence-corrected chi connectivity index (χ3v) is 9.91. The molecule has 8 N–H and O–H groups in total. The van der Waals surface area contributed by atoms with Crippen molar-refractivity contribution in [1.82, 2.24) is 25.8 Å². The summed E-state index contributed by atoms with van der Waals surface area (Å²) in [6.07, 6.45) is 2.43. The second-order valence-electron chi connectivity index (χ2n) is 13.7. The highest BCUT2D eigenvalue weighted by molar-refractivity contribution is 5.96. The fourth-order valence-corrected chi connectivity index (χ4v) is 6.83. The fraction of sp³-hybridized carbons (Fsp3) is 0.541. The van der Waals surface area contributed by atoms with Crippen LogP contribution in [0.1, 0.15) is 69.4 Å². The molecule has 2 aromatic carbocycles. The Hall–Kier alpha value is -4.33. The highest BCUT2D eigenvalue weighted by Crippen LogP contribution is 2.28. The Labute approximate surface area is 294 Å². The van der Waals surface area contributed by atoms with Crippen molar-refractivity contribution >= 4 is 29.6 Å². The Balaban J connectivity index is 1.42. The van der Waals surface area contributed by atoms with E-state index in [1.54, 1.807) is 9.80 Å².